The molecule has 0 saturated carbocycles. The van der Waals surface area contributed by atoms with E-state index in [0.717, 1.165) is 15.8 Å². The molecule has 1 fully saturated rings. The third-order valence-corrected chi connectivity index (χ3v) is 4.71. The molecule has 0 spiro atoms. The third kappa shape index (κ3) is 5.29. The topological polar surface area (TPSA) is 78.6 Å². The van der Waals surface area contributed by atoms with E-state index in [4.69, 9.17) is 5.73 Å². The van der Waals surface area contributed by atoms with Crippen LogP contribution in [0.5, 0.6) is 0 Å². The van der Waals surface area contributed by atoms with Crippen LogP contribution in [0.1, 0.15) is 5.82 Å². The van der Waals surface area contributed by atoms with Gasteiger partial charge in [0.25, 0.3) is 0 Å². The molecule has 2 heterocycles. The Morgan fingerprint density at radius 3 is 2.46 bits per heavy atom. The molecule has 1 aromatic carbocycles. The minimum absolute atomic E-state index is 0.0140. The summed E-state index contributed by atoms with van der Waals surface area (Å²) in [5.41, 5.74) is 6.80. The summed E-state index contributed by atoms with van der Waals surface area (Å²) in [7, 11) is 1.17. The lowest BCUT2D eigenvalue weighted by Gasteiger charge is -2.34. The van der Waals surface area contributed by atoms with E-state index in [9.17, 15) is 18.0 Å². The first-order valence-electron chi connectivity index (χ1n) is 8.98. The number of amides is 1. The van der Waals surface area contributed by atoms with E-state index in [1.165, 1.54) is 7.05 Å². The van der Waals surface area contributed by atoms with Crippen LogP contribution in [0.2, 0.25) is 0 Å². The highest BCUT2D eigenvalue weighted by molar-refractivity contribution is 5.87. The first-order valence-corrected chi connectivity index (χ1v) is 8.98. The Kier molecular flexibility index (Phi) is 5.99. The van der Waals surface area contributed by atoms with E-state index in [2.05, 4.69) is 14.9 Å². The molecule has 2 aromatic rings. The number of carbonyl (C=O) groups is 1. The van der Waals surface area contributed by atoms with Crippen LogP contribution < -0.4 is 5.73 Å². The van der Waals surface area contributed by atoms with Gasteiger partial charge in [0.05, 0.1) is 18.6 Å². The number of benzene rings is 1. The average Bonchev–Trinajstić information content (AvgIpc) is 2.62. The van der Waals surface area contributed by atoms with Gasteiger partial charge in [0.15, 0.2) is 0 Å². The number of hydrogen-bond acceptors (Lipinski definition) is 6. The molecule has 0 atom stereocenters. The fraction of sp³-hybridized carbons (Fsp3) is 0.500. The number of carbonyl (C=O) groups excluding carboxylic acids is 1. The zero-order valence-electron chi connectivity index (χ0n) is 15.6. The van der Waals surface area contributed by atoms with Gasteiger partial charge in [-0.1, -0.05) is 12.1 Å². The summed E-state index contributed by atoms with van der Waals surface area (Å²) in [6.45, 7) is 1.82. The maximum Gasteiger partial charge on any atom is 0.406 e. The van der Waals surface area contributed by atoms with Crippen LogP contribution in [0.3, 0.4) is 0 Å². The third-order valence-electron chi connectivity index (χ3n) is 4.71. The van der Waals surface area contributed by atoms with E-state index in [1.54, 1.807) is 0 Å². The van der Waals surface area contributed by atoms with Gasteiger partial charge in [0.1, 0.15) is 18.2 Å². The lowest BCUT2D eigenvalue weighted by molar-refractivity contribution is -0.159. The van der Waals surface area contributed by atoms with E-state index in [0.29, 0.717) is 44.4 Å². The summed E-state index contributed by atoms with van der Waals surface area (Å²) in [6.07, 6.45) is -4.38. The number of fused-ring (bicyclic) bond motifs is 1. The number of rotatable bonds is 5. The molecule has 1 saturated heterocycles. The minimum atomic E-state index is -4.38. The van der Waals surface area contributed by atoms with Crippen molar-refractivity contribution >= 4 is 22.6 Å². The van der Waals surface area contributed by atoms with Crippen LogP contribution in [0.25, 0.3) is 10.9 Å². The van der Waals surface area contributed by atoms with Crippen molar-refractivity contribution in [2.75, 3.05) is 52.0 Å². The summed E-state index contributed by atoms with van der Waals surface area (Å²) in [5.74, 6) is 0.541. The molecular formula is C18H23F3N6O. The zero-order chi connectivity index (χ0) is 20.3. The number of anilines is 1. The summed E-state index contributed by atoms with van der Waals surface area (Å²) >= 11 is 0. The smallest absolute Gasteiger partial charge is 0.383 e. The molecule has 1 amide bonds. The number of likely N-dealkylation sites (N-methyl/N-ethyl adjacent to an activating group) is 1. The van der Waals surface area contributed by atoms with Gasteiger partial charge in [-0.25, -0.2) is 9.97 Å². The Balaban J connectivity index is 1.51. The van der Waals surface area contributed by atoms with Gasteiger partial charge in [0, 0.05) is 38.6 Å². The van der Waals surface area contributed by atoms with Crippen LogP contribution in [-0.4, -0.2) is 83.1 Å². The van der Waals surface area contributed by atoms with Crippen molar-refractivity contribution in [1.82, 2.24) is 24.7 Å². The average molecular weight is 396 g/mol. The van der Waals surface area contributed by atoms with Crippen molar-refractivity contribution in [3.63, 3.8) is 0 Å². The van der Waals surface area contributed by atoms with E-state index in [1.807, 2.05) is 29.2 Å². The Labute approximate surface area is 160 Å². The second-order valence-corrected chi connectivity index (χ2v) is 6.96. The highest BCUT2D eigenvalue weighted by Gasteiger charge is 2.31. The van der Waals surface area contributed by atoms with Gasteiger partial charge >= 0.3 is 6.18 Å². The highest BCUT2D eigenvalue weighted by Crippen LogP contribution is 2.18. The van der Waals surface area contributed by atoms with Gasteiger partial charge in [-0.15, -0.1) is 0 Å². The summed E-state index contributed by atoms with van der Waals surface area (Å²) in [6, 6.07) is 7.54. The number of halogens is 3. The predicted octanol–water partition coefficient (Wildman–Crippen LogP) is 1.35. The van der Waals surface area contributed by atoms with Gasteiger partial charge < -0.3 is 10.6 Å². The number of alkyl halides is 3. The van der Waals surface area contributed by atoms with Gasteiger partial charge in [-0.3, -0.25) is 14.6 Å². The van der Waals surface area contributed by atoms with Crippen LogP contribution >= 0.6 is 0 Å². The van der Waals surface area contributed by atoms with E-state index in [-0.39, 0.29) is 6.54 Å². The monoisotopic (exact) mass is 396 g/mol. The summed E-state index contributed by atoms with van der Waals surface area (Å²) in [5, 5.41) is 0.817. The molecule has 2 N–H and O–H groups in total. The first kappa shape index (κ1) is 20.3. The lowest BCUT2D eigenvalue weighted by atomic mass is 10.2. The molecule has 1 aromatic heterocycles. The van der Waals surface area contributed by atoms with Crippen molar-refractivity contribution in [1.29, 1.82) is 0 Å². The number of piperazine rings is 1. The maximum absolute atomic E-state index is 12.4. The fourth-order valence-electron chi connectivity index (χ4n) is 3.20. The molecule has 28 heavy (non-hydrogen) atoms. The van der Waals surface area contributed by atoms with E-state index >= 15 is 0 Å². The van der Waals surface area contributed by atoms with Gasteiger partial charge in [-0.2, -0.15) is 13.2 Å². The number of nitrogens with two attached hydrogens (primary N) is 1. The van der Waals surface area contributed by atoms with Crippen molar-refractivity contribution in [3.05, 3.63) is 30.1 Å². The Bertz CT molecular complexity index is 836. The molecule has 7 nitrogen and oxygen atoms in total. The van der Waals surface area contributed by atoms with Gasteiger partial charge in [-0.05, 0) is 12.1 Å². The summed E-state index contributed by atoms with van der Waals surface area (Å²) < 4.78 is 37.2. The SMILES string of the molecule is CN(CC(F)(F)F)C(=O)CN1CCN(Cc2nc(N)c3ccccc3n2)CC1. The predicted molar refractivity (Wildman–Crippen MR) is 99.4 cm³/mol. The van der Waals surface area contributed by atoms with E-state index < -0.39 is 18.6 Å². The molecule has 0 radical (unpaired) electrons. The Morgan fingerprint density at radius 2 is 1.79 bits per heavy atom. The number of hydrogen-bond donors (Lipinski definition) is 1. The van der Waals surface area contributed by atoms with Crippen LogP contribution in [-0.2, 0) is 11.3 Å². The zero-order valence-corrected chi connectivity index (χ0v) is 15.6. The number of nitrogens with zero attached hydrogens (tertiary/aromatic N) is 5. The van der Waals surface area contributed by atoms with Crippen LogP contribution in [0, 0.1) is 0 Å². The molecule has 3 rings (SSSR count). The second-order valence-electron chi connectivity index (χ2n) is 6.96. The highest BCUT2D eigenvalue weighted by atomic mass is 19.4. The number of para-hydroxylation sites is 1. The van der Waals surface area contributed by atoms with Gasteiger partial charge in [0.2, 0.25) is 5.91 Å². The Hall–Kier alpha value is -2.46. The maximum atomic E-state index is 12.4. The lowest BCUT2D eigenvalue weighted by Crippen LogP contribution is -2.50. The van der Waals surface area contributed by atoms with Crippen molar-refractivity contribution < 1.29 is 18.0 Å². The fourth-order valence-corrected chi connectivity index (χ4v) is 3.20. The standard InChI is InChI=1S/C18H23F3N6O/c1-25(12-18(19,20)21)16(28)11-27-8-6-26(7-9-27)10-15-23-14-5-3-2-4-13(14)17(22)24-15/h2-5H,6-12H2,1H3,(H2,22,23,24). The quantitative estimate of drug-likeness (QED) is 0.822. The molecule has 1 aliphatic heterocycles. The summed E-state index contributed by atoms with van der Waals surface area (Å²) in [4.78, 5) is 25.6. The molecule has 0 bridgehead atoms. The molecule has 10 heteroatoms. The molecule has 152 valence electrons. The normalized spacial score (nSPS) is 16.4. The minimum Gasteiger partial charge on any atom is -0.383 e. The Morgan fingerprint density at radius 1 is 1.14 bits per heavy atom. The first-order chi connectivity index (χ1) is 13.2. The molecule has 0 aliphatic carbocycles. The van der Waals surface area contributed by atoms with Crippen molar-refractivity contribution in [2.24, 2.45) is 0 Å². The number of nitrogen functional groups attached to an aromatic ring is 1. The second kappa shape index (κ2) is 8.27. The van der Waals surface area contributed by atoms with Crippen molar-refractivity contribution in [2.45, 2.75) is 12.7 Å². The molecule has 0 unspecified atom stereocenters. The molecular weight excluding hydrogens is 373 g/mol. The van der Waals surface area contributed by atoms with Crippen LogP contribution in [0.15, 0.2) is 24.3 Å². The van der Waals surface area contributed by atoms with Crippen LogP contribution in [0.4, 0.5) is 19.0 Å². The largest absolute Gasteiger partial charge is 0.406 e. The van der Waals surface area contributed by atoms with Crippen molar-refractivity contribution in [3.8, 4) is 0 Å². The number of aromatic nitrogens is 2. The molecule has 1 aliphatic rings.